The number of carboxylic acid groups (broad SMARTS) is 1. The average molecular weight is 490 g/mol. The highest BCUT2D eigenvalue weighted by Gasteiger charge is 2.43. The van der Waals surface area contributed by atoms with E-state index in [1.54, 1.807) is 24.3 Å². The molecule has 1 fully saturated rings. The molecule has 0 bridgehead atoms. The van der Waals surface area contributed by atoms with Gasteiger partial charge in [0.15, 0.2) is 0 Å². The fourth-order valence-corrected chi connectivity index (χ4v) is 4.72. The van der Waals surface area contributed by atoms with Crippen LogP contribution in [0.4, 0.5) is 13.2 Å². The first kappa shape index (κ1) is 23.9. The summed E-state index contributed by atoms with van der Waals surface area (Å²) < 4.78 is 43.7. The topological polar surface area (TPSA) is 75.6 Å². The zero-order valence-corrected chi connectivity index (χ0v) is 18.8. The van der Waals surface area contributed by atoms with Crippen LogP contribution >= 0.6 is 11.8 Å². The second-order valence-corrected chi connectivity index (χ2v) is 9.33. The van der Waals surface area contributed by atoms with Gasteiger partial charge in [0.05, 0.1) is 5.56 Å². The molecule has 0 unspecified atom stereocenters. The molecule has 4 rings (SSSR count). The molecule has 0 atom stereocenters. The first-order valence-corrected chi connectivity index (χ1v) is 11.5. The Morgan fingerprint density at radius 1 is 1.00 bits per heavy atom. The normalized spacial score (nSPS) is 15.3. The molecule has 9 heteroatoms. The minimum atomic E-state index is -4.37. The van der Waals surface area contributed by atoms with Crippen molar-refractivity contribution in [3.8, 4) is 5.75 Å². The maximum atomic E-state index is 13.2. The van der Waals surface area contributed by atoms with Crippen molar-refractivity contribution in [1.29, 1.82) is 0 Å². The maximum Gasteiger partial charge on any atom is 0.446 e. The molecule has 1 aliphatic rings. The van der Waals surface area contributed by atoms with Gasteiger partial charge in [-0.3, -0.25) is 4.79 Å². The second-order valence-electron chi connectivity index (χ2n) is 8.19. The highest BCUT2D eigenvalue weighted by molar-refractivity contribution is 8.00. The number of hydrogen-bond donors (Lipinski definition) is 2. The minimum absolute atomic E-state index is 0.0231. The van der Waals surface area contributed by atoms with Crippen LogP contribution in [0.2, 0.25) is 0 Å². The number of halogens is 3. The molecule has 0 spiro atoms. The van der Waals surface area contributed by atoms with Crippen LogP contribution in [0.3, 0.4) is 0 Å². The fraction of sp³-hybridized carbons (Fsp3) is 0.280. The third-order valence-electron chi connectivity index (χ3n) is 5.88. The van der Waals surface area contributed by atoms with Gasteiger partial charge >= 0.3 is 11.5 Å². The molecule has 3 aromatic carbocycles. The number of hydrogen-bond acceptors (Lipinski definition) is 4. The molecule has 1 aliphatic carbocycles. The number of fused-ring (bicyclic) bond motifs is 1. The number of carbonyl (C=O) groups excluding carboxylic acids is 1. The Kier molecular flexibility index (Phi) is 6.74. The van der Waals surface area contributed by atoms with Crippen LogP contribution < -0.4 is 10.1 Å². The fourth-order valence-electron chi connectivity index (χ4n) is 4.18. The van der Waals surface area contributed by atoms with E-state index < -0.39 is 22.9 Å². The van der Waals surface area contributed by atoms with Gasteiger partial charge in [-0.15, -0.1) is 0 Å². The highest BCUT2D eigenvalue weighted by Crippen LogP contribution is 2.37. The number of carbonyl (C=O) groups is 2. The summed E-state index contributed by atoms with van der Waals surface area (Å²) in [7, 11) is 0. The van der Waals surface area contributed by atoms with E-state index in [0.717, 1.165) is 18.2 Å². The smallest absolute Gasteiger partial charge is 0.446 e. The molecular weight excluding hydrogens is 467 g/mol. The summed E-state index contributed by atoms with van der Waals surface area (Å²) >= 11 is -0.193. The van der Waals surface area contributed by atoms with Crippen LogP contribution in [0.15, 0.2) is 65.6 Å². The van der Waals surface area contributed by atoms with Crippen LogP contribution in [0.5, 0.6) is 5.75 Å². The third-order valence-corrected chi connectivity index (χ3v) is 6.62. The zero-order valence-electron chi connectivity index (χ0n) is 18.0. The van der Waals surface area contributed by atoms with Gasteiger partial charge in [0.25, 0.3) is 5.91 Å². The Labute approximate surface area is 198 Å². The van der Waals surface area contributed by atoms with Crippen molar-refractivity contribution in [3.05, 3.63) is 71.8 Å². The van der Waals surface area contributed by atoms with Crippen molar-refractivity contribution in [2.75, 3.05) is 0 Å². The second kappa shape index (κ2) is 9.58. The molecule has 2 N–H and O–H groups in total. The monoisotopic (exact) mass is 489 g/mol. The molecular formula is C25H22F3NO4S. The molecule has 0 aliphatic heterocycles. The van der Waals surface area contributed by atoms with Gasteiger partial charge in [0, 0.05) is 10.3 Å². The van der Waals surface area contributed by atoms with Gasteiger partial charge < -0.3 is 15.2 Å². The van der Waals surface area contributed by atoms with E-state index in [2.05, 4.69) is 5.32 Å². The standard InChI is InChI=1S/C25H22F3NO4S/c26-25(27,28)34-18-10-7-16(8-11-18)15-33-21-19-6-2-1-5-17(19)9-12-20(21)22(30)29-24(23(31)32)13-3-4-14-24/h1-2,5-12H,3-4,13-15H2,(H,29,30)(H,31,32). The van der Waals surface area contributed by atoms with Crippen molar-refractivity contribution < 1.29 is 32.6 Å². The Balaban J connectivity index is 1.60. The van der Waals surface area contributed by atoms with Crippen LogP contribution in [0.25, 0.3) is 10.8 Å². The molecule has 3 aromatic rings. The minimum Gasteiger partial charge on any atom is -0.487 e. The molecule has 0 aromatic heterocycles. The zero-order chi connectivity index (χ0) is 24.3. The lowest BCUT2D eigenvalue weighted by atomic mass is 9.96. The van der Waals surface area contributed by atoms with E-state index in [0.29, 0.717) is 29.5 Å². The molecule has 1 amide bonds. The maximum absolute atomic E-state index is 13.2. The first-order chi connectivity index (χ1) is 16.2. The lowest BCUT2D eigenvalue weighted by molar-refractivity contribution is -0.144. The highest BCUT2D eigenvalue weighted by atomic mass is 32.2. The van der Waals surface area contributed by atoms with Gasteiger partial charge in [-0.25, -0.2) is 4.79 Å². The molecule has 0 radical (unpaired) electrons. The molecule has 0 heterocycles. The number of rotatable bonds is 7. The lowest BCUT2D eigenvalue weighted by Crippen LogP contribution is -2.52. The summed E-state index contributed by atoms with van der Waals surface area (Å²) in [6.07, 6.45) is 2.16. The summed E-state index contributed by atoms with van der Waals surface area (Å²) in [5.74, 6) is -1.30. The Morgan fingerprint density at radius 3 is 2.32 bits per heavy atom. The first-order valence-electron chi connectivity index (χ1n) is 10.7. The Morgan fingerprint density at radius 2 is 1.68 bits per heavy atom. The number of ether oxygens (including phenoxy) is 1. The van der Waals surface area contributed by atoms with Gasteiger partial charge in [0.1, 0.15) is 17.9 Å². The summed E-state index contributed by atoms with van der Waals surface area (Å²) in [6, 6.07) is 16.5. The van der Waals surface area contributed by atoms with Crippen molar-refractivity contribution in [3.63, 3.8) is 0 Å². The van der Waals surface area contributed by atoms with Gasteiger partial charge in [-0.1, -0.05) is 55.3 Å². The van der Waals surface area contributed by atoms with E-state index >= 15 is 0 Å². The summed E-state index contributed by atoms with van der Waals surface area (Å²) in [5.41, 5.74) is -4.83. The summed E-state index contributed by atoms with van der Waals surface area (Å²) in [6.45, 7) is 0.0231. The number of alkyl halides is 3. The largest absolute Gasteiger partial charge is 0.487 e. The number of benzene rings is 3. The van der Waals surface area contributed by atoms with Gasteiger partial charge in [0.2, 0.25) is 0 Å². The number of thioether (sulfide) groups is 1. The van der Waals surface area contributed by atoms with Crippen LogP contribution in [-0.2, 0) is 11.4 Å². The third kappa shape index (κ3) is 5.30. The molecule has 0 saturated heterocycles. The van der Waals surface area contributed by atoms with Gasteiger partial charge in [-0.2, -0.15) is 13.2 Å². The van der Waals surface area contributed by atoms with Crippen LogP contribution in [-0.4, -0.2) is 28.0 Å². The number of amides is 1. The van der Waals surface area contributed by atoms with E-state index in [9.17, 15) is 27.9 Å². The van der Waals surface area contributed by atoms with E-state index in [1.807, 2.05) is 12.1 Å². The predicted octanol–water partition coefficient (Wildman–Crippen LogP) is 6.16. The number of nitrogens with one attached hydrogen (secondary N) is 1. The average Bonchev–Trinajstić information content (AvgIpc) is 3.27. The van der Waals surface area contributed by atoms with Crippen molar-refractivity contribution in [2.24, 2.45) is 0 Å². The molecule has 5 nitrogen and oxygen atoms in total. The molecule has 178 valence electrons. The number of carboxylic acids is 1. The van der Waals surface area contributed by atoms with Crippen molar-refractivity contribution in [1.82, 2.24) is 5.32 Å². The van der Waals surface area contributed by atoms with Crippen LogP contribution in [0.1, 0.15) is 41.6 Å². The SMILES string of the molecule is O=C(NC1(C(=O)O)CCCC1)c1ccc2ccccc2c1OCc1ccc(SC(F)(F)F)cc1. The Hall–Kier alpha value is -3.20. The quantitative estimate of drug-likeness (QED) is 0.389. The molecule has 1 saturated carbocycles. The predicted molar refractivity (Wildman–Crippen MR) is 123 cm³/mol. The van der Waals surface area contributed by atoms with Crippen LogP contribution in [0, 0.1) is 0 Å². The van der Waals surface area contributed by atoms with Gasteiger partial charge in [-0.05, 0) is 53.8 Å². The Bertz CT molecular complexity index is 1210. The lowest BCUT2D eigenvalue weighted by Gasteiger charge is -2.26. The van der Waals surface area contributed by atoms with E-state index in [1.165, 1.54) is 24.3 Å². The van der Waals surface area contributed by atoms with Crippen molar-refractivity contribution >= 4 is 34.4 Å². The summed E-state index contributed by atoms with van der Waals surface area (Å²) in [4.78, 5) is 25.2. The molecule has 34 heavy (non-hydrogen) atoms. The van der Waals surface area contributed by atoms with Crippen molar-refractivity contribution in [2.45, 2.75) is 48.2 Å². The number of aliphatic carboxylic acids is 1. The van der Waals surface area contributed by atoms with E-state index in [4.69, 9.17) is 4.74 Å². The van der Waals surface area contributed by atoms with E-state index in [-0.39, 0.29) is 28.8 Å². The summed E-state index contributed by atoms with van der Waals surface area (Å²) in [5, 5.41) is 13.9.